The van der Waals surface area contributed by atoms with Crippen LogP contribution in [0, 0.1) is 12.8 Å². The van der Waals surface area contributed by atoms with Crippen LogP contribution >= 0.6 is 0 Å². The van der Waals surface area contributed by atoms with E-state index in [1.807, 2.05) is 0 Å². The highest BCUT2D eigenvalue weighted by Gasteiger charge is 2.25. The summed E-state index contributed by atoms with van der Waals surface area (Å²) in [5.74, 6) is 1.44. The molecule has 0 aliphatic rings. The Morgan fingerprint density at radius 3 is 2.43 bits per heavy atom. The lowest BCUT2D eigenvalue weighted by Crippen LogP contribution is -2.45. The molecular weight excluding hydrogens is 262 g/mol. The van der Waals surface area contributed by atoms with Crippen molar-refractivity contribution in [2.45, 2.75) is 53.2 Å². The van der Waals surface area contributed by atoms with Crippen molar-refractivity contribution in [3.8, 4) is 5.75 Å². The standard InChI is InChI=1S/C18H31NO2/c1-7-19-16(18(13(3)4)21-8-2)12-15-11-14(5)9-10-17(15)20-6/h9-11,13,16,18-19H,7-8,12H2,1-6H3. The van der Waals surface area contributed by atoms with Crippen LogP contribution in [0.25, 0.3) is 0 Å². The second-order valence-corrected chi connectivity index (χ2v) is 5.85. The number of hydrogen-bond acceptors (Lipinski definition) is 3. The topological polar surface area (TPSA) is 30.5 Å². The number of benzene rings is 1. The van der Waals surface area contributed by atoms with Gasteiger partial charge in [0.1, 0.15) is 5.75 Å². The molecular formula is C18H31NO2. The Morgan fingerprint density at radius 2 is 1.90 bits per heavy atom. The van der Waals surface area contributed by atoms with Crippen LogP contribution in [0.2, 0.25) is 0 Å². The van der Waals surface area contributed by atoms with Gasteiger partial charge in [-0.1, -0.05) is 38.5 Å². The lowest BCUT2D eigenvalue weighted by atomic mass is 9.92. The first-order valence-corrected chi connectivity index (χ1v) is 8.01. The summed E-state index contributed by atoms with van der Waals surface area (Å²) in [6.07, 6.45) is 1.13. The van der Waals surface area contributed by atoms with Crippen molar-refractivity contribution in [1.29, 1.82) is 0 Å². The van der Waals surface area contributed by atoms with E-state index in [0.717, 1.165) is 25.3 Å². The summed E-state index contributed by atoms with van der Waals surface area (Å²) in [5.41, 5.74) is 2.51. The Bertz CT molecular complexity index is 418. The van der Waals surface area contributed by atoms with Gasteiger partial charge in [-0.25, -0.2) is 0 Å². The Labute approximate surface area is 130 Å². The van der Waals surface area contributed by atoms with Crippen LogP contribution in [0.15, 0.2) is 18.2 Å². The number of likely N-dealkylation sites (N-methyl/N-ethyl adjacent to an activating group) is 1. The molecule has 0 aliphatic carbocycles. The van der Waals surface area contributed by atoms with Crippen LogP contribution in [-0.2, 0) is 11.2 Å². The van der Waals surface area contributed by atoms with Crippen molar-refractivity contribution in [2.24, 2.45) is 5.92 Å². The van der Waals surface area contributed by atoms with Gasteiger partial charge in [-0.2, -0.15) is 0 Å². The molecule has 1 N–H and O–H groups in total. The van der Waals surface area contributed by atoms with Gasteiger partial charge < -0.3 is 14.8 Å². The van der Waals surface area contributed by atoms with E-state index in [-0.39, 0.29) is 6.10 Å². The minimum absolute atomic E-state index is 0.208. The van der Waals surface area contributed by atoms with Crippen LogP contribution in [-0.4, -0.2) is 32.4 Å². The Hall–Kier alpha value is -1.06. The highest BCUT2D eigenvalue weighted by atomic mass is 16.5. The summed E-state index contributed by atoms with van der Waals surface area (Å²) < 4.78 is 11.5. The van der Waals surface area contributed by atoms with Crippen molar-refractivity contribution in [2.75, 3.05) is 20.3 Å². The predicted molar refractivity (Wildman–Crippen MR) is 89.2 cm³/mol. The van der Waals surface area contributed by atoms with E-state index in [4.69, 9.17) is 9.47 Å². The fraction of sp³-hybridized carbons (Fsp3) is 0.667. The first-order chi connectivity index (χ1) is 10.0. The van der Waals surface area contributed by atoms with E-state index < -0.39 is 0 Å². The summed E-state index contributed by atoms with van der Waals surface area (Å²) in [4.78, 5) is 0. The summed E-state index contributed by atoms with van der Waals surface area (Å²) in [5, 5.41) is 3.59. The normalized spacial score (nSPS) is 14.2. The summed E-state index contributed by atoms with van der Waals surface area (Å²) in [6.45, 7) is 12.4. The average molecular weight is 293 g/mol. The van der Waals surface area contributed by atoms with E-state index in [2.05, 4.69) is 58.1 Å². The monoisotopic (exact) mass is 293 g/mol. The van der Waals surface area contributed by atoms with Gasteiger partial charge >= 0.3 is 0 Å². The number of aryl methyl sites for hydroxylation is 1. The molecule has 0 aromatic heterocycles. The Morgan fingerprint density at radius 1 is 1.19 bits per heavy atom. The molecule has 3 nitrogen and oxygen atoms in total. The smallest absolute Gasteiger partial charge is 0.122 e. The highest BCUT2D eigenvalue weighted by Crippen LogP contribution is 2.24. The van der Waals surface area contributed by atoms with E-state index in [1.165, 1.54) is 11.1 Å². The first kappa shape index (κ1) is 18.0. The largest absolute Gasteiger partial charge is 0.496 e. The van der Waals surface area contributed by atoms with E-state index in [1.54, 1.807) is 7.11 Å². The molecule has 0 saturated heterocycles. The molecule has 1 aromatic carbocycles. The molecule has 3 heteroatoms. The zero-order chi connectivity index (χ0) is 15.8. The molecule has 0 radical (unpaired) electrons. The molecule has 21 heavy (non-hydrogen) atoms. The maximum Gasteiger partial charge on any atom is 0.122 e. The lowest BCUT2D eigenvalue weighted by Gasteiger charge is -2.31. The van der Waals surface area contributed by atoms with Gasteiger partial charge in [0.15, 0.2) is 0 Å². The van der Waals surface area contributed by atoms with Crippen molar-refractivity contribution < 1.29 is 9.47 Å². The predicted octanol–water partition coefficient (Wildman–Crippen LogP) is 3.59. The molecule has 1 aromatic rings. The third kappa shape index (κ3) is 5.33. The van der Waals surface area contributed by atoms with Crippen molar-refractivity contribution in [3.63, 3.8) is 0 Å². The SMILES string of the molecule is CCNC(Cc1cc(C)ccc1OC)C(OCC)C(C)C. The molecule has 0 saturated carbocycles. The zero-order valence-corrected chi connectivity index (χ0v) is 14.4. The summed E-state index contributed by atoms with van der Waals surface area (Å²) in [7, 11) is 1.74. The maximum atomic E-state index is 5.99. The molecule has 120 valence electrons. The van der Waals surface area contributed by atoms with Gasteiger partial charge in [0.05, 0.1) is 13.2 Å². The third-order valence-corrected chi connectivity index (χ3v) is 3.75. The molecule has 0 aliphatic heterocycles. The van der Waals surface area contributed by atoms with E-state index in [9.17, 15) is 0 Å². The quantitative estimate of drug-likeness (QED) is 0.755. The summed E-state index contributed by atoms with van der Waals surface area (Å²) >= 11 is 0. The van der Waals surface area contributed by atoms with Gasteiger partial charge in [0.2, 0.25) is 0 Å². The molecule has 2 atom stereocenters. The fourth-order valence-electron chi connectivity index (χ4n) is 2.84. The van der Waals surface area contributed by atoms with Gasteiger partial charge in [-0.05, 0) is 44.4 Å². The molecule has 0 fully saturated rings. The zero-order valence-electron chi connectivity index (χ0n) is 14.4. The molecule has 0 bridgehead atoms. The second-order valence-electron chi connectivity index (χ2n) is 5.85. The summed E-state index contributed by atoms with van der Waals surface area (Å²) in [6, 6.07) is 6.66. The van der Waals surface area contributed by atoms with Crippen LogP contribution in [0.5, 0.6) is 5.75 Å². The fourth-order valence-corrected chi connectivity index (χ4v) is 2.84. The first-order valence-electron chi connectivity index (χ1n) is 8.01. The average Bonchev–Trinajstić information content (AvgIpc) is 2.44. The highest BCUT2D eigenvalue weighted by molar-refractivity contribution is 5.37. The van der Waals surface area contributed by atoms with Crippen LogP contribution in [0.1, 0.15) is 38.8 Å². The van der Waals surface area contributed by atoms with Crippen LogP contribution in [0.3, 0.4) is 0 Å². The minimum atomic E-state index is 0.208. The van der Waals surface area contributed by atoms with E-state index >= 15 is 0 Å². The minimum Gasteiger partial charge on any atom is -0.496 e. The van der Waals surface area contributed by atoms with Crippen molar-refractivity contribution in [3.05, 3.63) is 29.3 Å². The number of hydrogen-bond donors (Lipinski definition) is 1. The molecule has 0 amide bonds. The maximum absolute atomic E-state index is 5.99. The third-order valence-electron chi connectivity index (χ3n) is 3.75. The van der Waals surface area contributed by atoms with Crippen molar-refractivity contribution in [1.82, 2.24) is 5.32 Å². The number of rotatable bonds is 9. The van der Waals surface area contributed by atoms with Gasteiger partial charge in [-0.3, -0.25) is 0 Å². The van der Waals surface area contributed by atoms with Crippen LogP contribution in [0.4, 0.5) is 0 Å². The van der Waals surface area contributed by atoms with Gasteiger partial charge in [0, 0.05) is 12.6 Å². The molecule has 2 unspecified atom stereocenters. The van der Waals surface area contributed by atoms with Gasteiger partial charge in [0.25, 0.3) is 0 Å². The number of nitrogens with one attached hydrogen (secondary N) is 1. The lowest BCUT2D eigenvalue weighted by molar-refractivity contribution is 0.00385. The van der Waals surface area contributed by atoms with Gasteiger partial charge in [-0.15, -0.1) is 0 Å². The number of methoxy groups -OCH3 is 1. The second kappa shape index (κ2) is 9.06. The molecule has 1 rings (SSSR count). The molecule has 0 heterocycles. The molecule has 0 spiro atoms. The number of ether oxygens (including phenoxy) is 2. The van der Waals surface area contributed by atoms with Crippen molar-refractivity contribution >= 4 is 0 Å². The van der Waals surface area contributed by atoms with E-state index in [0.29, 0.717) is 12.0 Å². The Kier molecular flexibility index (Phi) is 7.76. The Balaban J connectivity index is 2.98. The van der Waals surface area contributed by atoms with Crippen LogP contribution < -0.4 is 10.1 Å².